The third-order valence-corrected chi connectivity index (χ3v) is 2.85. The van der Waals surface area contributed by atoms with Gasteiger partial charge in [-0.05, 0) is 31.0 Å². The SMILES string of the molecule is Cc1ccc(C(=O)O)c(C(=O)O)c1C.c1ccccc1. The number of aromatic carboxylic acids is 2. The molecular weight excluding hydrogens is 256 g/mol. The quantitative estimate of drug-likeness (QED) is 0.878. The molecule has 2 N–H and O–H groups in total. The summed E-state index contributed by atoms with van der Waals surface area (Å²) in [5.41, 5.74) is 0.975. The van der Waals surface area contributed by atoms with Gasteiger partial charge >= 0.3 is 11.9 Å². The molecule has 0 saturated carbocycles. The fraction of sp³-hybridized carbons (Fsp3) is 0.125. The Balaban J connectivity index is 0.000000276. The molecule has 0 fully saturated rings. The van der Waals surface area contributed by atoms with Crippen molar-refractivity contribution in [1.82, 2.24) is 0 Å². The average molecular weight is 272 g/mol. The molecule has 0 unspecified atom stereocenters. The molecule has 0 saturated heterocycles. The van der Waals surface area contributed by atoms with E-state index < -0.39 is 11.9 Å². The lowest BCUT2D eigenvalue weighted by molar-refractivity contribution is 0.0650. The minimum Gasteiger partial charge on any atom is -0.478 e. The number of benzene rings is 2. The lowest BCUT2D eigenvalue weighted by Crippen LogP contribution is -2.10. The highest BCUT2D eigenvalue weighted by Gasteiger charge is 2.18. The largest absolute Gasteiger partial charge is 0.478 e. The van der Waals surface area contributed by atoms with E-state index in [4.69, 9.17) is 10.2 Å². The summed E-state index contributed by atoms with van der Waals surface area (Å²) in [6.45, 7) is 3.35. The van der Waals surface area contributed by atoms with E-state index in [-0.39, 0.29) is 11.1 Å². The second-order valence-electron chi connectivity index (χ2n) is 4.20. The van der Waals surface area contributed by atoms with Crippen LogP contribution in [0.5, 0.6) is 0 Å². The number of hydrogen-bond donors (Lipinski definition) is 2. The average Bonchev–Trinajstić information content (AvgIpc) is 2.43. The van der Waals surface area contributed by atoms with Crippen LogP contribution in [-0.4, -0.2) is 22.2 Å². The van der Waals surface area contributed by atoms with Crippen LogP contribution in [0.15, 0.2) is 48.5 Å². The standard InChI is InChI=1S/C10H10O4.C6H6/c1-5-3-4-7(9(11)12)8(6(5)2)10(13)14;1-2-4-6-5-3-1/h3-4H,1-2H3,(H,11,12)(H,13,14);1-6H. The Morgan fingerprint density at radius 1 is 0.800 bits per heavy atom. The number of aryl methyl sites for hydroxylation is 1. The van der Waals surface area contributed by atoms with E-state index in [2.05, 4.69) is 0 Å². The first-order valence-corrected chi connectivity index (χ1v) is 6.02. The van der Waals surface area contributed by atoms with Crippen LogP contribution in [0.2, 0.25) is 0 Å². The maximum atomic E-state index is 10.8. The molecule has 4 nitrogen and oxygen atoms in total. The Morgan fingerprint density at radius 3 is 1.60 bits per heavy atom. The highest BCUT2D eigenvalue weighted by molar-refractivity contribution is 6.02. The molecule has 0 atom stereocenters. The lowest BCUT2D eigenvalue weighted by atomic mass is 9.98. The molecular formula is C16H16O4. The van der Waals surface area contributed by atoms with Crippen molar-refractivity contribution < 1.29 is 19.8 Å². The molecule has 0 aliphatic carbocycles. The van der Waals surface area contributed by atoms with Gasteiger partial charge in [-0.25, -0.2) is 9.59 Å². The van der Waals surface area contributed by atoms with Crippen molar-refractivity contribution in [3.05, 3.63) is 70.8 Å². The summed E-state index contributed by atoms with van der Waals surface area (Å²) < 4.78 is 0. The molecule has 2 rings (SSSR count). The van der Waals surface area contributed by atoms with Crippen molar-refractivity contribution in [3.63, 3.8) is 0 Å². The van der Waals surface area contributed by atoms with Gasteiger partial charge in [-0.15, -0.1) is 0 Å². The van der Waals surface area contributed by atoms with Crippen LogP contribution in [0.3, 0.4) is 0 Å². The third kappa shape index (κ3) is 3.95. The fourth-order valence-corrected chi connectivity index (χ4v) is 1.65. The van der Waals surface area contributed by atoms with Crippen molar-refractivity contribution in [2.75, 3.05) is 0 Å². The molecule has 4 heteroatoms. The van der Waals surface area contributed by atoms with Crippen LogP contribution >= 0.6 is 0 Å². The van der Waals surface area contributed by atoms with Crippen molar-refractivity contribution in [2.45, 2.75) is 13.8 Å². The van der Waals surface area contributed by atoms with Gasteiger partial charge in [0, 0.05) is 0 Å². The van der Waals surface area contributed by atoms with Gasteiger partial charge in [0.1, 0.15) is 0 Å². The van der Waals surface area contributed by atoms with Crippen molar-refractivity contribution in [3.8, 4) is 0 Å². The summed E-state index contributed by atoms with van der Waals surface area (Å²) in [6.07, 6.45) is 0. The molecule has 0 aromatic heterocycles. The van der Waals surface area contributed by atoms with Gasteiger partial charge in [0.25, 0.3) is 0 Å². The Labute approximate surface area is 117 Å². The zero-order chi connectivity index (χ0) is 15.1. The summed E-state index contributed by atoms with van der Waals surface area (Å²) in [7, 11) is 0. The molecule has 0 heterocycles. The van der Waals surface area contributed by atoms with Crippen LogP contribution < -0.4 is 0 Å². The lowest BCUT2D eigenvalue weighted by Gasteiger charge is -2.07. The Bertz CT molecular complexity index is 577. The van der Waals surface area contributed by atoms with Gasteiger partial charge in [-0.1, -0.05) is 42.5 Å². The topological polar surface area (TPSA) is 74.6 Å². The van der Waals surface area contributed by atoms with E-state index in [9.17, 15) is 9.59 Å². The van der Waals surface area contributed by atoms with Crippen LogP contribution in [0.25, 0.3) is 0 Å². The maximum absolute atomic E-state index is 10.8. The number of carboxylic acids is 2. The molecule has 2 aromatic carbocycles. The zero-order valence-electron chi connectivity index (χ0n) is 11.3. The van der Waals surface area contributed by atoms with Crippen molar-refractivity contribution >= 4 is 11.9 Å². The molecule has 0 aliphatic heterocycles. The van der Waals surface area contributed by atoms with E-state index in [1.165, 1.54) is 6.07 Å². The van der Waals surface area contributed by atoms with Crippen LogP contribution in [0.1, 0.15) is 31.8 Å². The molecule has 0 bridgehead atoms. The summed E-state index contributed by atoms with van der Waals surface area (Å²) in [4.78, 5) is 21.6. The van der Waals surface area contributed by atoms with Gasteiger partial charge in [-0.2, -0.15) is 0 Å². The normalized spacial score (nSPS) is 9.30. The summed E-state index contributed by atoms with van der Waals surface area (Å²) in [5, 5.41) is 17.6. The van der Waals surface area contributed by atoms with Crippen molar-refractivity contribution in [2.24, 2.45) is 0 Å². The molecule has 0 amide bonds. The molecule has 0 spiro atoms. The second-order valence-corrected chi connectivity index (χ2v) is 4.20. The fourth-order valence-electron chi connectivity index (χ4n) is 1.65. The third-order valence-electron chi connectivity index (χ3n) is 2.85. The first-order valence-electron chi connectivity index (χ1n) is 6.02. The minimum absolute atomic E-state index is 0.127. The molecule has 0 radical (unpaired) electrons. The predicted molar refractivity (Wildman–Crippen MR) is 76.3 cm³/mol. The van der Waals surface area contributed by atoms with E-state index in [1.807, 2.05) is 36.4 Å². The summed E-state index contributed by atoms with van der Waals surface area (Å²) >= 11 is 0. The Morgan fingerprint density at radius 2 is 1.25 bits per heavy atom. The second kappa shape index (κ2) is 7.09. The van der Waals surface area contributed by atoms with Crippen molar-refractivity contribution in [1.29, 1.82) is 0 Å². The van der Waals surface area contributed by atoms with E-state index in [0.717, 1.165) is 5.56 Å². The minimum atomic E-state index is -1.22. The highest BCUT2D eigenvalue weighted by atomic mass is 16.4. The number of rotatable bonds is 2. The van der Waals surface area contributed by atoms with Gasteiger partial charge in [0.15, 0.2) is 0 Å². The Hall–Kier alpha value is -2.62. The van der Waals surface area contributed by atoms with Crippen LogP contribution in [-0.2, 0) is 0 Å². The van der Waals surface area contributed by atoms with Gasteiger partial charge in [0.2, 0.25) is 0 Å². The molecule has 20 heavy (non-hydrogen) atoms. The first-order chi connectivity index (χ1) is 9.45. The number of hydrogen-bond acceptors (Lipinski definition) is 2. The van der Waals surface area contributed by atoms with E-state index in [0.29, 0.717) is 5.56 Å². The Kier molecular flexibility index (Phi) is 5.47. The first kappa shape index (κ1) is 15.4. The van der Waals surface area contributed by atoms with Crippen LogP contribution in [0.4, 0.5) is 0 Å². The molecule has 0 aliphatic rings. The predicted octanol–water partition coefficient (Wildman–Crippen LogP) is 3.39. The van der Waals surface area contributed by atoms with Gasteiger partial charge in [0.05, 0.1) is 11.1 Å². The summed E-state index contributed by atoms with van der Waals surface area (Å²) in [6, 6.07) is 14.9. The van der Waals surface area contributed by atoms with E-state index >= 15 is 0 Å². The molecule has 2 aromatic rings. The zero-order valence-corrected chi connectivity index (χ0v) is 11.3. The van der Waals surface area contributed by atoms with Crippen LogP contribution in [0, 0.1) is 13.8 Å². The molecule has 104 valence electrons. The number of carbonyl (C=O) groups is 2. The number of carboxylic acid groups (broad SMARTS) is 2. The van der Waals surface area contributed by atoms with Gasteiger partial charge < -0.3 is 10.2 Å². The van der Waals surface area contributed by atoms with Gasteiger partial charge in [-0.3, -0.25) is 0 Å². The maximum Gasteiger partial charge on any atom is 0.336 e. The smallest absolute Gasteiger partial charge is 0.336 e. The monoisotopic (exact) mass is 272 g/mol. The van der Waals surface area contributed by atoms with E-state index in [1.54, 1.807) is 19.9 Å². The summed E-state index contributed by atoms with van der Waals surface area (Å²) in [5.74, 6) is -2.42. The highest BCUT2D eigenvalue weighted by Crippen LogP contribution is 2.18.